The van der Waals surface area contributed by atoms with Gasteiger partial charge in [-0.1, -0.05) is 352 Å². The Balaban J connectivity index is 0.000000111. The smallest absolute Gasteiger partial charge is 0.164 e. The Labute approximate surface area is 683 Å². The van der Waals surface area contributed by atoms with Crippen molar-refractivity contribution >= 4 is 87.4 Å². The van der Waals surface area contributed by atoms with Gasteiger partial charge in [0.1, 0.15) is 33.5 Å². The molecule has 0 unspecified atom stereocenters. The van der Waals surface area contributed by atoms with Crippen LogP contribution in [0.4, 0.5) is 0 Å². The fourth-order valence-corrected chi connectivity index (χ4v) is 15.8. The summed E-state index contributed by atoms with van der Waals surface area (Å²) in [5.74, 6) is 5.85. The summed E-state index contributed by atoms with van der Waals surface area (Å²) in [5, 5.41) is 11.3. The van der Waals surface area contributed by atoms with Gasteiger partial charge in [0.2, 0.25) is 0 Å². The molecule has 17 aromatic carbocycles. The number of fused-ring (bicyclic) bond motifs is 11. The van der Waals surface area contributed by atoms with E-state index in [0.29, 0.717) is 52.4 Å². The van der Waals surface area contributed by atoms with E-state index in [9.17, 15) is 0 Å². The van der Waals surface area contributed by atoms with E-state index >= 15 is 0 Å². The average Bonchev–Trinajstić information content (AvgIpc) is 1.70. The minimum atomic E-state index is 0.639. The third-order valence-corrected chi connectivity index (χ3v) is 21.6. The lowest BCUT2D eigenvalue weighted by atomic mass is 9.92. The van der Waals surface area contributed by atoms with Gasteiger partial charge in [-0.25, -0.2) is 44.9 Å². The van der Waals surface area contributed by atoms with Crippen LogP contribution in [0.15, 0.2) is 420 Å². The topological polar surface area (TPSA) is 155 Å². The maximum Gasteiger partial charge on any atom is 0.164 e. The molecule has 12 nitrogen and oxygen atoms in total. The number of hydrogen-bond donors (Lipinski definition) is 0. The number of hydrogen-bond acceptors (Lipinski definition) is 12. The molecule has 0 radical (unpaired) electrons. The molecule has 6 heterocycles. The zero-order valence-corrected chi connectivity index (χ0v) is 63.9. The highest BCUT2D eigenvalue weighted by molar-refractivity contribution is 6.17. The molecular formula is C107H67N9O3. The summed E-state index contributed by atoms with van der Waals surface area (Å²) < 4.78 is 18.3. The van der Waals surface area contributed by atoms with E-state index in [1.54, 1.807) is 0 Å². The molecule has 0 N–H and O–H groups in total. The number of furan rings is 3. The number of rotatable bonds is 12. The van der Waals surface area contributed by atoms with Crippen LogP contribution in [0.2, 0.25) is 0 Å². The number of nitrogens with zero attached hydrogens (tertiary/aromatic N) is 9. The van der Waals surface area contributed by atoms with Crippen LogP contribution < -0.4 is 0 Å². The Morgan fingerprint density at radius 2 is 0.437 bits per heavy atom. The first-order valence-corrected chi connectivity index (χ1v) is 39.5. The van der Waals surface area contributed by atoms with E-state index < -0.39 is 0 Å². The molecule has 0 bridgehead atoms. The van der Waals surface area contributed by atoms with Gasteiger partial charge < -0.3 is 13.3 Å². The largest absolute Gasteiger partial charge is 0.456 e. The lowest BCUT2D eigenvalue weighted by molar-refractivity contribution is 0.668. The summed E-state index contributed by atoms with van der Waals surface area (Å²) in [4.78, 5) is 44.1. The Kier molecular flexibility index (Phi) is 18.3. The van der Waals surface area contributed by atoms with Crippen LogP contribution in [0.3, 0.4) is 0 Å². The van der Waals surface area contributed by atoms with Crippen molar-refractivity contribution in [2.75, 3.05) is 0 Å². The van der Waals surface area contributed by atoms with Crippen molar-refractivity contribution < 1.29 is 13.3 Å². The summed E-state index contributed by atoms with van der Waals surface area (Å²) in [6.07, 6.45) is 0. The fraction of sp³-hybridized carbons (Fsp3) is 0. The van der Waals surface area contributed by atoms with Gasteiger partial charge in [0.05, 0.1) is 0 Å². The predicted molar refractivity (Wildman–Crippen MR) is 482 cm³/mol. The van der Waals surface area contributed by atoms with E-state index in [1.807, 2.05) is 218 Å². The molecular weight excluding hydrogens is 1460 g/mol. The first-order valence-electron chi connectivity index (χ1n) is 39.5. The molecule has 119 heavy (non-hydrogen) atoms. The molecule has 6 aromatic heterocycles. The van der Waals surface area contributed by atoms with Crippen LogP contribution in [0.25, 0.3) is 223 Å². The molecule has 23 rings (SSSR count). The SMILES string of the molecule is c1ccc(-c2nc(-c3ccc(-c4cccc5oc6ccccc6c45)cc3)nc(-c3ccc4ccccc4c3)n2)cc1.c1ccc(-c2nc(-c3ccccc3)nc(-c3ccc(-c4ccc5oc6ccccc6c5c4)cc3)n2)cc1.c1ccc(-c2nc(-c3ccccc3)nc(-c3ccc(-c4cccc5oc6ccccc6c45)c4ccccc34)n2)cc1. The highest BCUT2D eigenvalue weighted by Crippen LogP contribution is 2.44. The van der Waals surface area contributed by atoms with Crippen molar-refractivity contribution in [1.29, 1.82) is 0 Å². The van der Waals surface area contributed by atoms with Gasteiger partial charge in [0, 0.05) is 82.4 Å². The standard InChI is InChI=1S/2C37H23N3O.C33H21N3O/c1-3-12-24(13-4-1)35-38-36(25-14-5-2-6-15-25)40-37(39-35)30-23-22-28(26-16-7-8-17-27(26)30)29-19-11-21-33-34(29)31-18-9-10-20-32(31)41-33;1-2-10-26(11-3-1)35-38-36(40-37(39-35)29-22-17-24-9-4-5-12-28(24)23-29)27-20-18-25(19-21-27)30-14-8-16-33-34(30)31-13-6-7-15-32(31)41-33;1-3-9-23(10-4-1)31-34-32(24-11-5-2-6-12-24)36-33(35-31)25-17-15-22(16-18-25)26-19-20-30-28(21-26)27-13-7-8-14-29(27)37-30/h2*1-23H;1-21H. The number of aromatic nitrogens is 9. The third kappa shape index (κ3) is 13.9. The predicted octanol–water partition coefficient (Wildman–Crippen LogP) is 27.6. The molecule has 0 amide bonds. The maximum atomic E-state index is 6.20. The van der Waals surface area contributed by atoms with E-state index in [-0.39, 0.29) is 0 Å². The zero-order valence-electron chi connectivity index (χ0n) is 63.9. The molecule has 558 valence electrons. The first-order chi connectivity index (χ1) is 58.9. The van der Waals surface area contributed by atoms with Gasteiger partial charge >= 0.3 is 0 Å². The van der Waals surface area contributed by atoms with Gasteiger partial charge in [0.15, 0.2) is 52.4 Å². The Bertz CT molecular complexity index is 7600. The summed E-state index contributed by atoms with van der Waals surface area (Å²) in [7, 11) is 0. The normalized spacial score (nSPS) is 11.4. The van der Waals surface area contributed by atoms with Crippen molar-refractivity contribution in [1.82, 2.24) is 44.9 Å². The second-order valence-electron chi connectivity index (χ2n) is 29.0. The van der Waals surface area contributed by atoms with Crippen LogP contribution in [0.5, 0.6) is 0 Å². The van der Waals surface area contributed by atoms with E-state index in [4.69, 9.17) is 58.1 Å². The van der Waals surface area contributed by atoms with Crippen LogP contribution in [-0.4, -0.2) is 44.9 Å². The van der Waals surface area contributed by atoms with Crippen LogP contribution in [-0.2, 0) is 0 Å². The second-order valence-corrected chi connectivity index (χ2v) is 29.0. The van der Waals surface area contributed by atoms with Crippen molar-refractivity contribution in [2.45, 2.75) is 0 Å². The minimum absolute atomic E-state index is 0.639. The van der Waals surface area contributed by atoms with Crippen molar-refractivity contribution in [3.05, 3.63) is 406 Å². The van der Waals surface area contributed by atoms with Gasteiger partial charge in [-0.2, -0.15) is 0 Å². The summed E-state index contributed by atoms with van der Waals surface area (Å²) >= 11 is 0. The minimum Gasteiger partial charge on any atom is -0.456 e. The Morgan fingerprint density at radius 3 is 0.916 bits per heavy atom. The molecule has 12 heteroatoms. The van der Waals surface area contributed by atoms with Gasteiger partial charge in [0.25, 0.3) is 0 Å². The monoisotopic (exact) mass is 1530 g/mol. The molecule has 0 saturated carbocycles. The van der Waals surface area contributed by atoms with Crippen LogP contribution in [0.1, 0.15) is 0 Å². The van der Waals surface area contributed by atoms with Crippen molar-refractivity contribution in [3.63, 3.8) is 0 Å². The molecule has 0 fully saturated rings. The molecule has 0 spiro atoms. The zero-order chi connectivity index (χ0) is 79.0. The number of benzene rings is 17. The van der Waals surface area contributed by atoms with Crippen molar-refractivity contribution in [3.8, 4) is 136 Å². The van der Waals surface area contributed by atoms with Crippen LogP contribution in [0, 0.1) is 0 Å². The number of para-hydroxylation sites is 3. The summed E-state index contributed by atoms with van der Waals surface area (Å²) in [6.45, 7) is 0. The molecule has 0 atom stereocenters. The highest BCUT2D eigenvalue weighted by atomic mass is 16.3. The van der Waals surface area contributed by atoms with E-state index in [1.165, 1.54) is 5.39 Å². The Hall–Kier alpha value is -16.3. The molecule has 0 aliphatic rings. The highest BCUT2D eigenvalue weighted by Gasteiger charge is 2.22. The van der Waals surface area contributed by atoms with Crippen LogP contribution >= 0.6 is 0 Å². The third-order valence-electron chi connectivity index (χ3n) is 21.6. The summed E-state index contributed by atoms with van der Waals surface area (Å²) in [6, 6.07) is 138. The lowest BCUT2D eigenvalue weighted by Gasteiger charge is -2.13. The quantitative estimate of drug-likeness (QED) is 0.114. The molecule has 23 aromatic rings. The van der Waals surface area contributed by atoms with Gasteiger partial charge in [-0.05, 0) is 110 Å². The molecule has 0 aliphatic carbocycles. The van der Waals surface area contributed by atoms with E-state index in [2.05, 4.69) is 188 Å². The summed E-state index contributed by atoms with van der Waals surface area (Å²) in [5.41, 5.74) is 20.7. The fourth-order valence-electron chi connectivity index (χ4n) is 15.8. The lowest BCUT2D eigenvalue weighted by Crippen LogP contribution is -2.00. The van der Waals surface area contributed by atoms with Crippen molar-refractivity contribution in [2.24, 2.45) is 0 Å². The maximum absolute atomic E-state index is 6.20. The molecule has 0 saturated heterocycles. The second kappa shape index (κ2) is 30.9. The first kappa shape index (κ1) is 70.5. The Morgan fingerprint density at radius 1 is 0.134 bits per heavy atom. The average molecular weight is 1530 g/mol. The van der Waals surface area contributed by atoms with Gasteiger partial charge in [-0.3, -0.25) is 0 Å². The van der Waals surface area contributed by atoms with E-state index in [0.717, 1.165) is 165 Å². The molecule has 0 aliphatic heterocycles. The van der Waals surface area contributed by atoms with Gasteiger partial charge in [-0.15, -0.1) is 0 Å².